The molecule has 0 radical (unpaired) electrons. The van der Waals surface area contributed by atoms with Crippen LogP contribution in [-0.2, 0) is 4.79 Å². The number of nitrogens with one attached hydrogen (secondary N) is 1. The van der Waals surface area contributed by atoms with E-state index in [0.29, 0.717) is 11.7 Å². The Labute approximate surface area is 143 Å². The van der Waals surface area contributed by atoms with Crippen LogP contribution < -0.4 is 10.2 Å². The smallest absolute Gasteiger partial charge is 0.277 e. The van der Waals surface area contributed by atoms with Crippen molar-refractivity contribution in [3.05, 3.63) is 65.2 Å². The summed E-state index contributed by atoms with van der Waals surface area (Å²) in [6, 6.07) is 15.8. The van der Waals surface area contributed by atoms with E-state index in [0.717, 1.165) is 16.8 Å². The minimum absolute atomic E-state index is 0.0634. The van der Waals surface area contributed by atoms with Gasteiger partial charge in [0, 0.05) is 0 Å². The number of ether oxygens (including phenoxy) is 1. The van der Waals surface area contributed by atoms with Crippen molar-refractivity contribution in [3.8, 4) is 5.75 Å². The number of rotatable bonds is 6. The highest BCUT2D eigenvalue weighted by atomic mass is 16.5. The van der Waals surface area contributed by atoms with Crippen LogP contribution in [0.15, 0.2) is 53.6 Å². The highest BCUT2D eigenvalue weighted by molar-refractivity contribution is 5.99. The third-order valence-corrected chi connectivity index (χ3v) is 3.73. The van der Waals surface area contributed by atoms with Gasteiger partial charge in [0.05, 0.1) is 5.71 Å². The summed E-state index contributed by atoms with van der Waals surface area (Å²) in [5.74, 6) is 0.879. The average Bonchev–Trinajstić information content (AvgIpc) is 2.59. The summed E-state index contributed by atoms with van der Waals surface area (Å²) in [6.45, 7) is 8.12. The predicted octanol–water partition coefficient (Wildman–Crippen LogP) is 4.04. The van der Waals surface area contributed by atoms with E-state index < -0.39 is 0 Å². The molecule has 1 amide bonds. The maximum atomic E-state index is 11.8. The zero-order chi connectivity index (χ0) is 17.5. The molecule has 4 nitrogen and oxygen atoms in total. The molecule has 0 aliphatic heterocycles. The first-order chi connectivity index (χ1) is 11.5. The van der Waals surface area contributed by atoms with Gasteiger partial charge >= 0.3 is 0 Å². The molecule has 2 aromatic rings. The van der Waals surface area contributed by atoms with Crippen molar-refractivity contribution in [1.82, 2.24) is 5.43 Å². The minimum Gasteiger partial charge on any atom is -0.484 e. The summed E-state index contributed by atoms with van der Waals surface area (Å²) in [5.41, 5.74) is 6.70. The second kappa shape index (κ2) is 8.29. The molecule has 0 fully saturated rings. The van der Waals surface area contributed by atoms with Crippen molar-refractivity contribution >= 4 is 11.6 Å². The largest absolute Gasteiger partial charge is 0.484 e. The molecule has 0 bridgehead atoms. The summed E-state index contributed by atoms with van der Waals surface area (Å²) in [5, 5.41) is 4.13. The molecule has 0 unspecified atom stereocenters. The molecule has 0 aromatic heterocycles. The van der Waals surface area contributed by atoms with E-state index in [4.69, 9.17) is 4.74 Å². The number of hydrazone groups is 1. The van der Waals surface area contributed by atoms with Crippen LogP contribution in [0.3, 0.4) is 0 Å². The van der Waals surface area contributed by atoms with Gasteiger partial charge < -0.3 is 4.74 Å². The van der Waals surface area contributed by atoms with Crippen LogP contribution in [0.25, 0.3) is 0 Å². The summed E-state index contributed by atoms with van der Waals surface area (Å²) in [7, 11) is 0. The SMILES string of the molecule is C/C(=N/NC(=O)COc1ccc(C)cc1)c1ccc(C(C)C)cc1. The van der Waals surface area contributed by atoms with Crippen LogP contribution in [0.5, 0.6) is 5.75 Å². The van der Waals surface area contributed by atoms with Gasteiger partial charge in [-0.25, -0.2) is 5.43 Å². The number of aryl methyl sites for hydroxylation is 1. The molecule has 0 saturated heterocycles. The Balaban J connectivity index is 1.86. The highest BCUT2D eigenvalue weighted by Gasteiger charge is 2.04. The lowest BCUT2D eigenvalue weighted by Crippen LogP contribution is -2.25. The van der Waals surface area contributed by atoms with Crippen molar-refractivity contribution in [3.63, 3.8) is 0 Å². The van der Waals surface area contributed by atoms with Crippen LogP contribution in [0.4, 0.5) is 0 Å². The van der Waals surface area contributed by atoms with Crippen molar-refractivity contribution in [2.45, 2.75) is 33.6 Å². The molecule has 0 atom stereocenters. The molecule has 0 aliphatic rings. The lowest BCUT2D eigenvalue weighted by Gasteiger charge is -2.08. The number of nitrogens with zero attached hydrogens (tertiary/aromatic N) is 1. The highest BCUT2D eigenvalue weighted by Crippen LogP contribution is 2.15. The quantitative estimate of drug-likeness (QED) is 0.644. The molecular weight excluding hydrogens is 300 g/mol. The summed E-state index contributed by atoms with van der Waals surface area (Å²) >= 11 is 0. The van der Waals surface area contributed by atoms with Gasteiger partial charge in [0.15, 0.2) is 6.61 Å². The monoisotopic (exact) mass is 324 g/mol. The lowest BCUT2D eigenvalue weighted by molar-refractivity contribution is -0.123. The fourth-order valence-electron chi connectivity index (χ4n) is 2.14. The molecule has 2 aromatic carbocycles. The van der Waals surface area contributed by atoms with Gasteiger partial charge in [-0.3, -0.25) is 4.79 Å². The van der Waals surface area contributed by atoms with Crippen molar-refractivity contribution in [1.29, 1.82) is 0 Å². The van der Waals surface area contributed by atoms with E-state index in [-0.39, 0.29) is 12.5 Å². The van der Waals surface area contributed by atoms with Gasteiger partial charge in [0.25, 0.3) is 5.91 Å². The Morgan fingerprint density at radius 3 is 2.29 bits per heavy atom. The van der Waals surface area contributed by atoms with E-state index in [1.54, 1.807) is 0 Å². The number of hydrogen-bond donors (Lipinski definition) is 1. The van der Waals surface area contributed by atoms with E-state index in [2.05, 4.69) is 36.5 Å². The molecule has 0 heterocycles. The Hall–Kier alpha value is -2.62. The Bertz CT molecular complexity index is 701. The predicted molar refractivity (Wildman–Crippen MR) is 97.6 cm³/mol. The Kier molecular flexibility index (Phi) is 6.13. The number of hydrogen-bond acceptors (Lipinski definition) is 3. The molecule has 4 heteroatoms. The Morgan fingerprint density at radius 1 is 1.08 bits per heavy atom. The van der Waals surface area contributed by atoms with Crippen LogP contribution in [0.1, 0.15) is 43.4 Å². The molecule has 24 heavy (non-hydrogen) atoms. The van der Waals surface area contributed by atoms with Gasteiger partial charge in [-0.15, -0.1) is 0 Å². The normalized spacial score (nSPS) is 11.5. The van der Waals surface area contributed by atoms with E-state index in [9.17, 15) is 4.79 Å². The fourth-order valence-corrected chi connectivity index (χ4v) is 2.14. The van der Waals surface area contributed by atoms with E-state index >= 15 is 0 Å². The standard InChI is InChI=1S/C20H24N2O2/c1-14(2)17-7-9-18(10-8-17)16(4)21-22-20(23)13-24-19-11-5-15(3)6-12-19/h5-12,14H,13H2,1-4H3,(H,22,23)/b21-16-. The topological polar surface area (TPSA) is 50.7 Å². The minimum atomic E-state index is -0.284. The fraction of sp³-hybridized carbons (Fsp3) is 0.300. The summed E-state index contributed by atoms with van der Waals surface area (Å²) < 4.78 is 5.42. The number of carbonyl (C=O) groups excluding carboxylic acids is 1. The van der Waals surface area contributed by atoms with Gasteiger partial charge in [0.1, 0.15) is 5.75 Å². The van der Waals surface area contributed by atoms with Crippen molar-refractivity contribution in [2.24, 2.45) is 5.10 Å². The molecule has 0 spiro atoms. The molecule has 1 N–H and O–H groups in total. The maximum Gasteiger partial charge on any atom is 0.277 e. The number of carbonyl (C=O) groups is 1. The van der Waals surface area contributed by atoms with Gasteiger partial charge in [-0.05, 0) is 43.0 Å². The first kappa shape index (κ1) is 17.7. The second-order valence-electron chi connectivity index (χ2n) is 6.11. The lowest BCUT2D eigenvalue weighted by atomic mass is 10.0. The average molecular weight is 324 g/mol. The number of benzene rings is 2. The van der Waals surface area contributed by atoms with Gasteiger partial charge in [-0.2, -0.15) is 5.10 Å². The number of amides is 1. The van der Waals surface area contributed by atoms with Gasteiger partial charge in [0.2, 0.25) is 0 Å². The zero-order valence-corrected chi connectivity index (χ0v) is 14.7. The van der Waals surface area contributed by atoms with E-state index in [1.165, 1.54) is 5.56 Å². The zero-order valence-electron chi connectivity index (χ0n) is 14.7. The third kappa shape index (κ3) is 5.23. The summed E-state index contributed by atoms with van der Waals surface area (Å²) in [6.07, 6.45) is 0. The van der Waals surface area contributed by atoms with E-state index in [1.807, 2.05) is 50.2 Å². The molecule has 126 valence electrons. The molecular formula is C20H24N2O2. The van der Waals surface area contributed by atoms with Gasteiger partial charge in [-0.1, -0.05) is 55.8 Å². The Morgan fingerprint density at radius 2 is 1.71 bits per heavy atom. The molecule has 0 aliphatic carbocycles. The van der Waals surface area contributed by atoms with Crippen LogP contribution >= 0.6 is 0 Å². The van der Waals surface area contributed by atoms with Crippen LogP contribution in [0.2, 0.25) is 0 Å². The van der Waals surface area contributed by atoms with Crippen molar-refractivity contribution in [2.75, 3.05) is 6.61 Å². The second-order valence-corrected chi connectivity index (χ2v) is 6.11. The van der Waals surface area contributed by atoms with Crippen LogP contribution in [-0.4, -0.2) is 18.2 Å². The third-order valence-electron chi connectivity index (χ3n) is 3.73. The first-order valence-electron chi connectivity index (χ1n) is 8.08. The molecule has 0 saturated carbocycles. The first-order valence-corrected chi connectivity index (χ1v) is 8.08. The maximum absolute atomic E-state index is 11.8. The van der Waals surface area contributed by atoms with Crippen molar-refractivity contribution < 1.29 is 9.53 Å². The molecule has 2 rings (SSSR count). The summed E-state index contributed by atoms with van der Waals surface area (Å²) in [4.78, 5) is 11.8. The van der Waals surface area contributed by atoms with Crippen LogP contribution in [0, 0.1) is 6.92 Å².